The molecule has 44 heavy (non-hydrogen) atoms. The van der Waals surface area contributed by atoms with E-state index in [1.54, 1.807) is 37.5 Å². The van der Waals surface area contributed by atoms with Crippen molar-refractivity contribution < 1.29 is 12.4 Å². The molecule has 0 aromatic rings. The van der Waals surface area contributed by atoms with Crippen molar-refractivity contribution in [2.45, 2.75) is 246 Å². The molecule has 0 atom stereocenters. The number of hydrogen-bond donors (Lipinski definition) is 0. The summed E-state index contributed by atoms with van der Waals surface area (Å²) < 4.78 is 0. The summed E-state index contributed by atoms with van der Waals surface area (Å²) in [7, 11) is -0.725. The molecular formula is C42H88ClP. The molecule has 0 saturated heterocycles. The quantitative estimate of drug-likeness (QED) is 0.0457. The van der Waals surface area contributed by atoms with Crippen LogP contribution in [0.4, 0.5) is 0 Å². The highest BCUT2D eigenvalue weighted by molar-refractivity contribution is 7.75. The van der Waals surface area contributed by atoms with E-state index >= 15 is 0 Å². The van der Waals surface area contributed by atoms with Crippen molar-refractivity contribution in [2.24, 2.45) is 0 Å². The predicted molar refractivity (Wildman–Crippen MR) is 206 cm³/mol. The van der Waals surface area contributed by atoms with Gasteiger partial charge in [0.2, 0.25) is 0 Å². The lowest BCUT2D eigenvalue weighted by atomic mass is 10.0. The van der Waals surface area contributed by atoms with E-state index in [0.29, 0.717) is 0 Å². The summed E-state index contributed by atoms with van der Waals surface area (Å²) in [5.41, 5.74) is 0. The minimum Gasteiger partial charge on any atom is -1.00 e. The van der Waals surface area contributed by atoms with E-state index in [-0.39, 0.29) is 12.4 Å². The Labute approximate surface area is 289 Å². The summed E-state index contributed by atoms with van der Waals surface area (Å²) in [6.07, 6.45) is 57.1. The Hall–Kier alpha value is 0.720. The van der Waals surface area contributed by atoms with E-state index in [9.17, 15) is 0 Å². The Kier molecular flexibility index (Phi) is 42.5. The van der Waals surface area contributed by atoms with E-state index < -0.39 is 7.26 Å². The topological polar surface area (TPSA) is 0 Å². The first-order valence-electron chi connectivity index (χ1n) is 21.1. The second-order valence-electron chi connectivity index (χ2n) is 14.8. The third kappa shape index (κ3) is 34.1. The number of unbranched alkanes of at least 4 members (excludes halogenated alkanes) is 30. The molecule has 0 spiro atoms. The van der Waals surface area contributed by atoms with Gasteiger partial charge >= 0.3 is 0 Å². The average Bonchev–Trinajstić information content (AvgIpc) is 3.01. The van der Waals surface area contributed by atoms with Crippen LogP contribution in [-0.2, 0) is 0 Å². The van der Waals surface area contributed by atoms with Gasteiger partial charge in [0, 0.05) is 7.26 Å². The molecule has 0 aromatic heterocycles. The summed E-state index contributed by atoms with van der Waals surface area (Å²) >= 11 is 0. The lowest BCUT2D eigenvalue weighted by Gasteiger charge is -2.28. The Bertz CT molecular complexity index is 448. The van der Waals surface area contributed by atoms with E-state index in [2.05, 4.69) is 27.7 Å². The fourth-order valence-electron chi connectivity index (χ4n) is 7.35. The van der Waals surface area contributed by atoms with Crippen LogP contribution < -0.4 is 12.4 Å². The van der Waals surface area contributed by atoms with Gasteiger partial charge in [0.1, 0.15) is 0 Å². The predicted octanol–water partition coefficient (Wildman–Crippen LogP) is 13.4. The standard InChI is InChI=1S/C42H88P.ClH/c1-5-9-13-15-17-19-21-23-25-27-29-31-33-37-41-43(39-35-11-7-3,40-36-12-8-4)42-38-34-32-30-28-26-24-22-20-18-16-14-10-6-2;/h5-42H2,1-4H3;1H/q+1;/p-1. The maximum atomic E-state index is 2.40. The molecule has 2 heteroatoms. The van der Waals surface area contributed by atoms with E-state index in [1.165, 1.54) is 205 Å². The molecule has 0 heterocycles. The second kappa shape index (κ2) is 39.9. The van der Waals surface area contributed by atoms with Gasteiger partial charge in [0.05, 0.1) is 24.6 Å². The zero-order valence-corrected chi connectivity index (χ0v) is 33.3. The zero-order valence-electron chi connectivity index (χ0n) is 31.7. The fourth-order valence-corrected chi connectivity index (χ4v) is 12.3. The van der Waals surface area contributed by atoms with Crippen molar-refractivity contribution in [2.75, 3.05) is 24.6 Å². The number of rotatable bonds is 38. The number of hydrogen-bond acceptors (Lipinski definition) is 0. The molecule has 0 radical (unpaired) electrons. The van der Waals surface area contributed by atoms with Crippen LogP contribution in [-0.4, -0.2) is 24.6 Å². The minimum absolute atomic E-state index is 0. The third-order valence-electron chi connectivity index (χ3n) is 10.4. The van der Waals surface area contributed by atoms with E-state index in [1.807, 2.05) is 0 Å². The van der Waals surface area contributed by atoms with Gasteiger partial charge < -0.3 is 12.4 Å². The van der Waals surface area contributed by atoms with Crippen LogP contribution in [0, 0.1) is 0 Å². The van der Waals surface area contributed by atoms with Crippen LogP contribution in [0.5, 0.6) is 0 Å². The van der Waals surface area contributed by atoms with Crippen LogP contribution in [0.15, 0.2) is 0 Å². The molecule has 0 nitrogen and oxygen atoms in total. The van der Waals surface area contributed by atoms with Crippen LogP contribution in [0.2, 0.25) is 0 Å². The highest BCUT2D eigenvalue weighted by atomic mass is 35.5. The molecule has 0 aromatic carbocycles. The van der Waals surface area contributed by atoms with Crippen molar-refractivity contribution in [3.63, 3.8) is 0 Å². The molecule has 0 fully saturated rings. The summed E-state index contributed by atoms with van der Waals surface area (Å²) in [4.78, 5) is 0. The Balaban J connectivity index is 0. The smallest absolute Gasteiger partial charge is 0.0594 e. The maximum Gasteiger partial charge on any atom is 0.0594 e. The van der Waals surface area contributed by atoms with Crippen molar-refractivity contribution in [3.05, 3.63) is 0 Å². The van der Waals surface area contributed by atoms with Crippen molar-refractivity contribution in [1.29, 1.82) is 0 Å². The molecule has 0 rings (SSSR count). The first-order valence-corrected chi connectivity index (χ1v) is 23.6. The maximum absolute atomic E-state index is 2.40. The van der Waals surface area contributed by atoms with Gasteiger partial charge in [-0.1, -0.05) is 207 Å². The van der Waals surface area contributed by atoms with Gasteiger partial charge in [-0.15, -0.1) is 0 Å². The molecule has 0 saturated carbocycles. The third-order valence-corrected chi connectivity index (χ3v) is 15.5. The van der Waals surface area contributed by atoms with Gasteiger partial charge in [-0.2, -0.15) is 0 Å². The summed E-state index contributed by atoms with van der Waals surface area (Å²) in [6, 6.07) is 0. The van der Waals surface area contributed by atoms with Gasteiger partial charge in [0.25, 0.3) is 0 Å². The van der Waals surface area contributed by atoms with Crippen LogP contribution >= 0.6 is 7.26 Å². The lowest BCUT2D eigenvalue weighted by Crippen LogP contribution is -3.00. The summed E-state index contributed by atoms with van der Waals surface area (Å²) in [6.45, 7) is 9.44. The monoisotopic (exact) mass is 659 g/mol. The Morgan fingerprint density at radius 3 is 0.545 bits per heavy atom. The molecule has 0 aliphatic rings. The first kappa shape index (κ1) is 46.8. The van der Waals surface area contributed by atoms with Crippen LogP contribution in [0.1, 0.15) is 246 Å². The lowest BCUT2D eigenvalue weighted by molar-refractivity contribution is -0.00000974. The molecule has 268 valence electrons. The largest absolute Gasteiger partial charge is 1.00 e. The SMILES string of the molecule is CCCCCCCCCCCCCCCC[P+](CCCCC)(CCCCC)CCCCCCCCCCCCCCCC.[Cl-]. The Morgan fingerprint density at radius 1 is 0.205 bits per heavy atom. The van der Waals surface area contributed by atoms with Gasteiger partial charge in [0.15, 0.2) is 0 Å². The molecule has 0 N–H and O–H groups in total. The molecule has 0 unspecified atom stereocenters. The molecule has 0 bridgehead atoms. The number of halogens is 1. The minimum atomic E-state index is -0.725. The highest BCUT2D eigenvalue weighted by Gasteiger charge is 2.34. The molecule has 0 aliphatic heterocycles. The average molecular weight is 660 g/mol. The fraction of sp³-hybridized carbons (Fsp3) is 1.00. The van der Waals surface area contributed by atoms with Crippen LogP contribution in [0.25, 0.3) is 0 Å². The Morgan fingerprint density at radius 2 is 0.341 bits per heavy atom. The highest BCUT2D eigenvalue weighted by Crippen LogP contribution is 2.61. The van der Waals surface area contributed by atoms with Gasteiger partial charge in [-0.25, -0.2) is 0 Å². The summed E-state index contributed by atoms with van der Waals surface area (Å²) in [5, 5.41) is 0. The first-order chi connectivity index (χ1) is 21.2. The van der Waals surface area contributed by atoms with E-state index in [4.69, 9.17) is 0 Å². The molecular weight excluding hydrogens is 571 g/mol. The van der Waals surface area contributed by atoms with Gasteiger partial charge in [-0.3, -0.25) is 0 Å². The second-order valence-corrected chi connectivity index (χ2v) is 19.3. The zero-order chi connectivity index (χ0) is 31.4. The van der Waals surface area contributed by atoms with E-state index in [0.717, 1.165) is 0 Å². The normalized spacial score (nSPS) is 11.7. The van der Waals surface area contributed by atoms with Crippen molar-refractivity contribution in [3.8, 4) is 0 Å². The molecule has 0 aliphatic carbocycles. The van der Waals surface area contributed by atoms with Crippen LogP contribution in [0.3, 0.4) is 0 Å². The molecule has 0 amide bonds. The van der Waals surface area contributed by atoms with Crippen molar-refractivity contribution >= 4 is 7.26 Å². The summed E-state index contributed by atoms with van der Waals surface area (Å²) in [5.74, 6) is 0. The van der Waals surface area contributed by atoms with Crippen molar-refractivity contribution in [1.82, 2.24) is 0 Å². The van der Waals surface area contributed by atoms with Gasteiger partial charge in [-0.05, 0) is 38.5 Å².